The van der Waals surface area contributed by atoms with Crippen LogP contribution in [0.1, 0.15) is 24.9 Å². The van der Waals surface area contributed by atoms with Gasteiger partial charge < -0.3 is 15.2 Å². The standard InChI is InChI=1S/C13H18FNO2/c1-9(15-7-10-4-5-17-8-10)12-3-2-11(14)6-13(12)16/h2-3,6,9-10,15-16H,4-5,7-8H2,1H3. The van der Waals surface area contributed by atoms with E-state index in [2.05, 4.69) is 5.32 Å². The van der Waals surface area contributed by atoms with Crippen molar-refractivity contribution >= 4 is 0 Å². The maximum absolute atomic E-state index is 12.8. The quantitative estimate of drug-likeness (QED) is 0.846. The summed E-state index contributed by atoms with van der Waals surface area (Å²) in [6.07, 6.45) is 1.08. The van der Waals surface area contributed by atoms with Crippen LogP contribution in [0.5, 0.6) is 5.75 Å². The smallest absolute Gasteiger partial charge is 0.126 e. The fourth-order valence-corrected chi connectivity index (χ4v) is 2.08. The van der Waals surface area contributed by atoms with Crippen molar-refractivity contribution in [3.63, 3.8) is 0 Å². The molecule has 0 bridgehead atoms. The van der Waals surface area contributed by atoms with Crippen molar-refractivity contribution < 1.29 is 14.2 Å². The highest BCUT2D eigenvalue weighted by molar-refractivity contribution is 5.34. The zero-order valence-electron chi connectivity index (χ0n) is 9.95. The Balaban J connectivity index is 1.91. The first-order valence-electron chi connectivity index (χ1n) is 5.96. The monoisotopic (exact) mass is 239 g/mol. The van der Waals surface area contributed by atoms with Crippen molar-refractivity contribution in [2.75, 3.05) is 19.8 Å². The van der Waals surface area contributed by atoms with Gasteiger partial charge in [0.25, 0.3) is 0 Å². The number of ether oxygens (including phenoxy) is 1. The number of nitrogens with one attached hydrogen (secondary N) is 1. The Hall–Kier alpha value is -1.13. The number of phenolic OH excluding ortho intramolecular Hbond substituents is 1. The molecule has 2 unspecified atom stereocenters. The van der Waals surface area contributed by atoms with Crippen LogP contribution in [0.3, 0.4) is 0 Å². The van der Waals surface area contributed by atoms with E-state index in [1.165, 1.54) is 6.07 Å². The Labute approximate surface area is 101 Å². The minimum absolute atomic E-state index is 0.00710. The summed E-state index contributed by atoms with van der Waals surface area (Å²) in [4.78, 5) is 0. The van der Waals surface area contributed by atoms with Gasteiger partial charge in [0.2, 0.25) is 0 Å². The molecule has 94 valence electrons. The number of hydrogen-bond acceptors (Lipinski definition) is 3. The van der Waals surface area contributed by atoms with Gasteiger partial charge >= 0.3 is 0 Å². The fraction of sp³-hybridized carbons (Fsp3) is 0.538. The van der Waals surface area contributed by atoms with Gasteiger partial charge in [0.05, 0.1) is 6.61 Å². The van der Waals surface area contributed by atoms with Crippen molar-refractivity contribution in [3.8, 4) is 5.75 Å². The first kappa shape index (κ1) is 12.3. The lowest BCUT2D eigenvalue weighted by molar-refractivity contribution is 0.184. The highest BCUT2D eigenvalue weighted by Gasteiger charge is 2.17. The molecular formula is C13H18FNO2. The molecule has 1 saturated heterocycles. The first-order chi connectivity index (χ1) is 8.16. The van der Waals surface area contributed by atoms with E-state index in [1.807, 2.05) is 6.92 Å². The van der Waals surface area contributed by atoms with Gasteiger partial charge in [0, 0.05) is 30.8 Å². The zero-order chi connectivity index (χ0) is 12.3. The topological polar surface area (TPSA) is 41.5 Å². The summed E-state index contributed by atoms with van der Waals surface area (Å²) in [5, 5.41) is 13.0. The van der Waals surface area contributed by atoms with Gasteiger partial charge in [-0.05, 0) is 25.3 Å². The molecule has 1 aromatic carbocycles. The minimum atomic E-state index is -0.414. The molecule has 0 aliphatic carbocycles. The van der Waals surface area contributed by atoms with Crippen LogP contribution in [0.2, 0.25) is 0 Å². The summed E-state index contributed by atoms with van der Waals surface area (Å²) in [7, 11) is 0. The third-order valence-corrected chi connectivity index (χ3v) is 3.20. The number of halogens is 1. The highest BCUT2D eigenvalue weighted by atomic mass is 19.1. The Bertz CT molecular complexity index is 378. The third kappa shape index (κ3) is 3.17. The van der Waals surface area contributed by atoms with Crippen LogP contribution in [0.4, 0.5) is 4.39 Å². The molecule has 1 heterocycles. The molecule has 2 rings (SSSR count). The molecule has 2 N–H and O–H groups in total. The van der Waals surface area contributed by atoms with Crippen LogP contribution in [-0.4, -0.2) is 24.9 Å². The number of aromatic hydroxyl groups is 1. The van der Waals surface area contributed by atoms with Gasteiger partial charge in [-0.2, -0.15) is 0 Å². The van der Waals surface area contributed by atoms with E-state index in [9.17, 15) is 9.50 Å². The van der Waals surface area contributed by atoms with E-state index >= 15 is 0 Å². The average Bonchev–Trinajstić information content (AvgIpc) is 2.78. The van der Waals surface area contributed by atoms with Crippen molar-refractivity contribution in [3.05, 3.63) is 29.6 Å². The normalized spacial score (nSPS) is 21.6. The Kier molecular flexibility index (Phi) is 3.97. The zero-order valence-corrected chi connectivity index (χ0v) is 9.95. The lowest BCUT2D eigenvalue weighted by Gasteiger charge is -2.17. The molecule has 2 atom stereocenters. The minimum Gasteiger partial charge on any atom is -0.508 e. The van der Waals surface area contributed by atoms with E-state index in [0.29, 0.717) is 5.92 Å². The molecule has 0 saturated carbocycles. The molecule has 0 radical (unpaired) electrons. The lowest BCUT2D eigenvalue weighted by Crippen LogP contribution is -2.26. The third-order valence-electron chi connectivity index (χ3n) is 3.20. The van der Waals surface area contributed by atoms with Crippen LogP contribution < -0.4 is 5.32 Å². The van der Waals surface area contributed by atoms with E-state index in [0.717, 1.165) is 37.8 Å². The van der Waals surface area contributed by atoms with Crippen molar-refractivity contribution in [2.45, 2.75) is 19.4 Å². The van der Waals surface area contributed by atoms with Crippen LogP contribution >= 0.6 is 0 Å². The van der Waals surface area contributed by atoms with Crippen LogP contribution in [-0.2, 0) is 4.74 Å². The van der Waals surface area contributed by atoms with Crippen molar-refractivity contribution in [1.29, 1.82) is 0 Å². The summed E-state index contributed by atoms with van der Waals surface area (Å²) in [5.74, 6) is 0.135. The molecule has 0 spiro atoms. The molecule has 0 aromatic heterocycles. The van der Waals surface area contributed by atoms with Crippen molar-refractivity contribution in [2.24, 2.45) is 5.92 Å². The largest absolute Gasteiger partial charge is 0.508 e. The van der Waals surface area contributed by atoms with Crippen LogP contribution in [0.25, 0.3) is 0 Å². The SMILES string of the molecule is CC(NCC1CCOC1)c1ccc(F)cc1O. The molecule has 1 aliphatic heterocycles. The fourth-order valence-electron chi connectivity index (χ4n) is 2.08. The van der Waals surface area contributed by atoms with Crippen LogP contribution in [0.15, 0.2) is 18.2 Å². The summed E-state index contributed by atoms with van der Waals surface area (Å²) in [6.45, 7) is 4.46. The maximum Gasteiger partial charge on any atom is 0.126 e. The van der Waals surface area contributed by atoms with Gasteiger partial charge in [0.15, 0.2) is 0 Å². The van der Waals surface area contributed by atoms with E-state index in [4.69, 9.17) is 4.74 Å². The molecular weight excluding hydrogens is 221 g/mol. The molecule has 0 amide bonds. The van der Waals surface area contributed by atoms with Gasteiger partial charge in [0.1, 0.15) is 11.6 Å². The Morgan fingerprint density at radius 1 is 1.59 bits per heavy atom. The van der Waals surface area contributed by atoms with E-state index < -0.39 is 5.82 Å². The molecule has 1 aliphatic rings. The van der Waals surface area contributed by atoms with E-state index in [1.54, 1.807) is 6.07 Å². The second-order valence-electron chi connectivity index (χ2n) is 4.56. The lowest BCUT2D eigenvalue weighted by atomic mass is 10.1. The second kappa shape index (κ2) is 5.47. The van der Waals surface area contributed by atoms with Gasteiger partial charge in [-0.3, -0.25) is 0 Å². The first-order valence-corrected chi connectivity index (χ1v) is 5.96. The van der Waals surface area contributed by atoms with Crippen molar-refractivity contribution in [1.82, 2.24) is 5.32 Å². The summed E-state index contributed by atoms with van der Waals surface area (Å²) in [5.41, 5.74) is 0.727. The predicted octanol–water partition coefficient (Wildman–Crippen LogP) is 2.22. The summed E-state index contributed by atoms with van der Waals surface area (Å²) >= 11 is 0. The molecule has 3 nitrogen and oxygen atoms in total. The Morgan fingerprint density at radius 2 is 2.41 bits per heavy atom. The number of benzene rings is 1. The number of phenols is 1. The average molecular weight is 239 g/mol. The van der Waals surface area contributed by atoms with Crippen LogP contribution in [0, 0.1) is 11.7 Å². The Morgan fingerprint density at radius 3 is 3.06 bits per heavy atom. The second-order valence-corrected chi connectivity index (χ2v) is 4.56. The van der Waals surface area contributed by atoms with Gasteiger partial charge in [-0.1, -0.05) is 6.07 Å². The molecule has 1 fully saturated rings. The predicted molar refractivity (Wildman–Crippen MR) is 63.4 cm³/mol. The molecule has 1 aromatic rings. The summed E-state index contributed by atoms with van der Waals surface area (Å²) in [6, 6.07) is 4.14. The summed E-state index contributed by atoms with van der Waals surface area (Å²) < 4.78 is 18.1. The molecule has 17 heavy (non-hydrogen) atoms. The molecule has 4 heteroatoms. The number of hydrogen-bond donors (Lipinski definition) is 2. The van der Waals surface area contributed by atoms with Gasteiger partial charge in [-0.15, -0.1) is 0 Å². The van der Waals surface area contributed by atoms with E-state index in [-0.39, 0.29) is 11.8 Å². The highest BCUT2D eigenvalue weighted by Crippen LogP contribution is 2.25. The van der Waals surface area contributed by atoms with Gasteiger partial charge in [-0.25, -0.2) is 4.39 Å². The maximum atomic E-state index is 12.8. The number of rotatable bonds is 4.